The van der Waals surface area contributed by atoms with Gasteiger partial charge in [0.2, 0.25) is 10.0 Å². The van der Waals surface area contributed by atoms with Crippen LogP contribution in [0.4, 0.5) is 5.13 Å². The number of aliphatic hydroxyl groups excluding tert-OH is 1. The summed E-state index contributed by atoms with van der Waals surface area (Å²) in [6.45, 7) is 1.90. The molecule has 0 bridgehead atoms. The van der Waals surface area contributed by atoms with E-state index in [0.29, 0.717) is 26.2 Å². The molecule has 0 amide bonds. The molecule has 1 aliphatic heterocycles. The lowest BCUT2D eigenvalue weighted by Gasteiger charge is -2.33. The minimum atomic E-state index is -3.29. The largest absolute Gasteiger partial charge is 0.395 e. The summed E-state index contributed by atoms with van der Waals surface area (Å²) in [6, 6.07) is 0. The van der Waals surface area contributed by atoms with Gasteiger partial charge in [-0.25, -0.2) is 13.4 Å². The maximum Gasteiger partial charge on any atom is 0.216 e. The summed E-state index contributed by atoms with van der Waals surface area (Å²) in [5.41, 5.74) is 0. The van der Waals surface area contributed by atoms with Gasteiger partial charge in [-0.1, -0.05) is 0 Å². The molecule has 1 aromatic heterocycles. The number of nitrogens with zero attached hydrogens (tertiary/aromatic N) is 3. The molecule has 0 unspecified atom stereocenters. The topological polar surface area (TPSA) is 73.7 Å². The van der Waals surface area contributed by atoms with Crippen LogP contribution in [0.25, 0.3) is 0 Å². The molecule has 0 radical (unpaired) electrons. The van der Waals surface area contributed by atoms with Crippen molar-refractivity contribution in [3.63, 3.8) is 0 Å². The molecule has 0 saturated carbocycles. The van der Waals surface area contributed by atoms with Gasteiger partial charge in [-0.2, -0.15) is 4.31 Å². The van der Waals surface area contributed by atoms with Gasteiger partial charge in [-0.05, 0) is 0 Å². The SMILES string of the molecule is O=S(=O)(CCO)N1CCN(c2nccs2)CC1. The number of rotatable bonds is 4. The third-order valence-electron chi connectivity index (χ3n) is 2.67. The average molecular weight is 277 g/mol. The fourth-order valence-electron chi connectivity index (χ4n) is 1.77. The van der Waals surface area contributed by atoms with Crippen LogP contribution >= 0.6 is 11.3 Å². The van der Waals surface area contributed by atoms with E-state index in [1.165, 1.54) is 4.31 Å². The number of aliphatic hydroxyl groups is 1. The molecule has 1 N–H and O–H groups in total. The Kier molecular flexibility index (Phi) is 3.97. The van der Waals surface area contributed by atoms with Crippen molar-refractivity contribution in [2.24, 2.45) is 0 Å². The molecule has 1 aromatic rings. The Hall–Kier alpha value is -0.700. The van der Waals surface area contributed by atoms with Gasteiger partial charge >= 0.3 is 0 Å². The molecule has 2 rings (SSSR count). The molecule has 2 heterocycles. The van der Waals surface area contributed by atoms with E-state index >= 15 is 0 Å². The summed E-state index contributed by atoms with van der Waals surface area (Å²) in [6.07, 6.45) is 1.74. The van der Waals surface area contributed by atoms with Gasteiger partial charge in [0.1, 0.15) is 0 Å². The van der Waals surface area contributed by atoms with Crippen LogP contribution in [0.15, 0.2) is 11.6 Å². The van der Waals surface area contributed by atoms with Crippen LogP contribution in [0.2, 0.25) is 0 Å². The molecule has 96 valence electrons. The van der Waals surface area contributed by atoms with Crippen LogP contribution in [0, 0.1) is 0 Å². The third kappa shape index (κ3) is 2.95. The van der Waals surface area contributed by atoms with Crippen molar-refractivity contribution in [3.05, 3.63) is 11.6 Å². The van der Waals surface area contributed by atoms with E-state index < -0.39 is 10.0 Å². The Bertz CT molecular complexity index is 438. The quantitative estimate of drug-likeness (QED) is 0.810. The molecular formula is C9H15N3O3S2. The van der Waals surface area contributed by atoms with E-state index in [1.807, 2.05) is 5.38 Å². The minimum absolute atomic E-state index is 0.190. The predicted molar refractivity (Wildman–Crippen MR) is 66.8 cm³/mol. The smallest absolute Gasteiger partial charge is 0.216 e. The van der Waals surface area contributed by atoms with Crippen molar-refractivity contribution in [1.29, 1.82) is 0 Å². The lowest BCUT2D eigenvalue weighted by molar-refractivity contribution is 0.312. The number of hydrogen-bond acceptors (Lipinski definition) is 6. The van der Waals surface area contributed by atoms with E-state index in [9.17, 15) is 8.42 Å². The number of piperazine rings is 1. The number of anilines is 1. The number of thiazole rings is 1. The standard InChI is InChI=1S/C9H15N3O3S2/c13-6-8-17(14,15)12-4-2-11(3-5-12)9-10-1-7-16-9/h1,7,13H,2-6,8H2. The van der Waals surface area contributed by atoms with Crippen LogP contribution in [-0.2, 0) is 10.0 Å². The second-order valence-corrected chi connectivity index (χ2v) is 6.70. The lowest BCUT2D eigenvalue weighted by Crippen LogP contribution is -2.49. The van der Waals surface area contributed by atoms with Crippen LogP contribution in [0.3, 0.4) is 0 Å². The summed E-state index contributed by atoms with van der Waals surface area (Å²) in [5.74, 6) is -0.190. The van der Waals surface area contributed by atoms with Crippen molar-refractivity contribution < 1.29 is 13.5 Å². The van der Waals surface area contributed by atoms with E-state index in [4.69, 9.17) is 5.11 Å². The molecule has 8 heteroatoms. The highest BCUT2D eigenvalue weighted by atomic mass is 32.2. The van der Waals surface area contributed by atoms with E-state index in [-0.39, 0.29) is 12.4 Å². The highest BCUT2D eigenvalue weighted by Crippen LogP contribution is 2.19. The molecular weight excluding hydrogens is 262 g/mol. The van der Waals surface area contributed by atoms with Gasteiger partial charge in [-0.15, -0.1) is 11.3 Å². The van der Waals surface area contributed by atoms with E-state index in [0.717, 1.165) is 5.13 Å². The Morgan fingerprint density at radius 3 is 2.59 bits per heavy atom. The van der Waals surface area contributed by atoms with Gasteiger partial charge in [-0.3, -0.25) is 0 Å². The van der Waals surface area contributed by atoms with Crippen LogP contribution < -0.4 is 4.90 Å². The summed E-state index contributed by atoms with van der Waals surface area (Å²) in [7, 11) is -3.29. The highest BCUT2D eigenvalue weighted by molar-refractivity contribution is 7.89. The fourth-order valence-corrected chi connectivity index (χ4v) is 3.68. The molecule has 1 aliphatic rings. The normalized spacial score (nSPS) is 18.5. The summed E-state index contributed by atoms with van der Waals surface area (Å²) < 4.78 is 24.9. The zero-order chi connectivity index (χ0) is 12.3. The molecule has 1 fully saturated rings. The number of aromatic nitrogens is 1. The summed E-state index contributed by atoms with van der Waals surface area (Å²) in [5, 5.41) is 11.6. The molecule has 6 nitrogen and oxygen atoms in total. The van der Waals surface area contributed by atoms with Crippen LogP contribution in [0.1, 0.15) is 0 Å². The van der Waals surface area contributed by atoms with Gasteiger partial charge in [0, 0.05) is 37.8 Å². The van der Waals surface area contributed by atoms with Gasteiger partial charge in [0.25, 0.3) is 0 Å². The second-order valence-electron chi connectivity index (χ2n) is 3.74. The number of hydrogen-bond donors (Lipinski definition) is 1. The molecule has 1 saturated heterocycles. The van der Waals surface area contributed by atoms with Gasteiger partial charge in [0.05, 0.1) is 12.4 Å². The first-order chi connectivity index (χ1) is 8.13. The zero-order valence-corrected chi connectivity index (χ0v) is 11.0. The maximum atomic E-state index is 11.7. The third-order valence-corrected chi connectivity index (χ3v) is 5.35. The van der Waals surface area contributed by atoms with Crippen LogP contribution in [0.5, 0.6) is 0 Å². The van der Waals surface area contributed by atoms with E-state index in [2.05, 4.69) is 9.88 Å². The molecule has 0 aromatic carbocycles. The fraction of sp³-hybridized carbons (Fsp3) is 0.667. The monoisotopic (exact) mass is 277 g/mol. The molecule has 0 atom stereocenters. The van der Waals surface area contributed by atoms with Crippen molar-refractivity contribution in [1.82, 2.24) is 9.29 Å². The number of sulfonamides is 1. The van der Waals surface area contributed by atoms with Crippen molar-refractivity contribution in [2.45, 2.75) is 0 Å². The zero-order valence-electron chi connectivity index (χ0n) is 9.32. The first-order valence-electron chi connectivity index (χ1n) is 5.36. The first-order valence-corrected chi connectivity index (χ1v) is 7.85. The van der Waals surface area contributed by atoms with Crippen molar-refractivity contribution >= 4 is 26.5 Å². The Balaban J connectivity index is 1.94. The van der Waals surface area contributed by atoms with Crippen molar-refractivity contribution in [3.8, 4) is 0 Å². The minimum Gasteiger partial charge on any atom is -0.395 e. The molecule has 0 aliphatic carbocycles. The van der Waals surface area contributed by atoms with E-state index in [1.54, 1.807) is 17.5 Å². The highest BCUT2D eigenvalue weighted by Gasteiger charge is 2.26. The Morgan fingerprint density at radius 1 is 1.35 bits per heavy atom. The van der Waals surface area contributed by atoms with Crippen molar-refractivity contribution in [2.75, 3.05) is 43.4 Å². The molecule has 0 spiro atoms. The first kappa shape index (κ1) is 12.7. The lowest BCUT2D eigenvalue weighted by atomic mass is 10.4. The summed E-state index contributed by atoms with van der Waals surface area (Å²) in [4.78, 5) is 6.28. The second kappa shape index (κ2) is 5.30. The summed E-state index contributed by atoms with van der Waals surface area (Å²) >= 11 is 1.56. The predicted octanol–water partition coefficient (Wildman–Crippen LogP) is -0.413. The maximum absolute atomic E-state index is 11.7. The Labute approximate surface area is 105 Å². The van der Waals surface area contributed by atoms with Gasteiger partial charge in [0.15, 0.2) is 5.13 Å². The van der Waals surface area contributed by atoms with Crippen LogP contribution in [-0.4, -0.2) is 61.4 Å². The molecule has 17 heavy (non-hydrogen) atoms. The average Bonchev–Trinajstić information content (AvgIpc) is 2.82. The van der Waals surface area contributed by atoms with Gasteiger partial charge < -0.3 is 10.0 Å². The Morgan fingerprint density at radius 2 is 2.06 bits per heavy atom.